The molecule has 0 amide bonds. The van der Waals surface area contributed by atoms with E-state index in [1.165, 1.54) is 10.7 Å². The average molecular weight is 327 g/mol. The normalized spacial score (nSPS) is 10.5. The summed E-state index contributed by atoms with van der Waals surface area (Å²) in [5.41, 5.74) is 2.33. The molecule has 2 aromatic carbocycles. The number of aromatic nitrogens is 2. The van der Waals surface area contributed by atoms with Crippen molar-refractivity contribution in [2.75, 3.05) is 7.11 Å². The van der Waals surface area contributed by atoms with Gasteiger partial charge in [0.15, 0.2) is 0 Å². The fourth-order valence-electron chi connectivity index (χ4n) is 2.27. The summed E-state index contributed by atoms with van der Waals surface area (Å²) in [5.74, 6) is 0.776. The van der Waals surface area contributed by atoms with E-state index in [4.69, 9.17) is 16.3 Å². The molecule has 3 aromatic rings. The Hall–Kier alpha value is -2.59. The maximum atomic E-state index is 12.1. The van der Waals surface area contributed by atoms with E-state index >= 15 is 0 Å². The van der Waals surface area contributed by atoms with Gasteiger partial charge >= 0.3 is 0 Å². The van der Waals surface area contributed by atoms with Gasteiger partial charge in [-0.3, -0.25) is 4.79 Å². The van der Waals surface area contributed by atoms with Crippen LogP contribution in [0, 0.1) is 0 Å². The van der Waals surface area contributed by atoms with Crippen LogP contribution in [0.2, 0.25) is 5.02 Å². The first kappa shape index (κ1) is 15.3. The minimum absolute atomic E-state index is 0.165. The molecular weight excluding hydrogens is 312 g/mol. The van der Waals surface area contributed by atoms with Crippen LogP contribution in [0.3, 0.4) is 0 Å². The molecule has 0 bridgehead atoms. The molecule has 0 radical (unpaired) electrons. The lowest BCUT2D eigenvalue weighted by molar-refractivity contribution is 0.415. The highest BCUT2D eigenvalue weighted by atomic mass is 35.5. The molecule has 0 saturated heterocycles. The highest BCUT2D eigenvalue weighted by Gasteiger charge is 2.06. The van der Waals surface area contributed by atoms with Crippen molar-refractivity contribution in [2.24, 2.45) is 0 Å². The third-order valence-corrected chi connectivity index (χ3v) is 3.90. The minimum atomic E-state index is -0.165. The zero-order chi connectivity index (χ0) is 16.2. The Morgan fingerprint density at radius 2 is 1.78 bits per heavy atom. The molecule has 0 saturated carbocycles. The van der Waals surface area contributed by atoms with Crippen LogP contribution in [0.25, 0.3) is 11.3 Å². The summed E-state index contributed by atoms with van der Waals surface area (Å²) in [6.45, 7) is 0.336. The number of benzene rings is 2. The van der Waals surface area contributed by atoms with Crippen molar-refractivity contribution >= 4 is 11.6 Å². The van der Waals surface area contributed by atoms with E-state index in [-0.39, 0.29) is 5.56 Å². The first-order chi connectivity index (χ1) is 11.2. The first-order valence-corrected chi connectivity index (χ1v) is 7.51. The predicted molar refractivity (Wildman–Crippen MR) is 91.0 cm³/mol. The van der Waals surface area contributed by atoms with Crippen LogP contribution in [-0.4, -0.2) is 16.9 Å². The molecule has 116 valence electrons. The number of hydrogen-bond acceptors (Lipinski definition) is 3. The smallest absolute Gasteiger partial charge is 0.267 e. The SMILES string of the molecule is COc1ccc(-c2ccc(=O)n(Cc3ccccc3Cl)n2)cc1. The van der Waals surface area contributed by atoms with E-state index in [1.807, 2.05) is 42.5 Å². The first-order valence-electron chi connectivity index (χ1n) is 7.13. The minimum Gasteiger partial charge on any atom is -0.497 e. The van der Waals surface area contributed by atoms with Crippen LogP contribution < -0.4 is 10.3 Å². The Kier molecular flexibility index (Phi) is 4.44. The number of methoxy groups -OCH3 is 1. The molecule has 0 fully saturated rings. The molecular formula is C18H15ClN2O2. The van der Waals surface area contributed by atoms with Crippen molar-refractivity contribution in [3.05, 3.63) is 81.6 Å². The maximum absolute atomic E-state index is 12.1. The number of hydrogen-bond donors (Lipinski definition) is 0. The Morgan fingerprint density at radius 1 is 1.04 bits per heavy atom. The van der Waals surface area contributed by atoms with Crippen molar-refractivity contribution in [2.45, 2.75) is 6.54 Å². The van der Waals surface area contributed by atoms with E-state index < -0.39 is 0 Å². The molecule has 0 atom stereocenters. The summed E-state index contributed by atoms with van der Waals surface area (Å²) in [7, 11) is 1.62. The van der Waals surface area contributed by atoms with Crippen molar-refractivity contribution < 1.29 is 4.74 Å². The van der Waals surface area contributed by atoms with Gasteiger partial charge in [0.2, 0.25) is 0 Å². The summed E-state index contributed by atoms with van der Waals surface area (Å²) in [4.78, 5) is 12.1. The molecule has 0 aliphatic heterocycles. The molecule has 0 spiro atoms. The molecule has 1 heterocycles. The van der Waals surface area contributed by atoms with Gasteiger partial charge in [-0.2, -0.15) is 5.10 Å². The monoisotopic (exact) mass is 326 g/mol. The molecule has 3 rings (SSSR count). The van der Waals surface area contributed by atoms with Gasteiger partial charge < -0.3 is 4.74 Å². The predicted octanol–water partition coefficient (Wildman–Crippen LogP) is 3.62. The molecule has 0 unspecified atom stereocenters. The van der Waals surface area contributed by atoms with Crippen LogP contribution in [0.1, 0.15) is 5.56 Å². The Labute approximate surface area is 138 Å². The summed E-state index contributed by atoms with van der Waals surface area (Å²) in [6.07, 6.45) is 0. The molecule has 0 N–H and O–H groups in total. The van der Waals surface area contributed by atoms with Crippen molar-refractivity contribution in [3.8, 4) is 17.0 Å². The van der Waals surface area contributed by atoms with Gasteiger partial charge in [-0.25, -0.2) is 4.68 Å². The third-order valence-electron chi connectivity index (χ3n) is 3.53. The maximum Gasteiger partial charge on any atom is 0.267 e. The Bertz CT molecular complexity index is 873. The van der Waals surface area contributed by atoms with Crippen LogP contribution in [0.4, 0.5) is 0 Å². The fraction of sp³-hybridized carbons (Fsp3) is 0.111. The average Bonchev–Trinajstić information content (AvgIpc) is 2.59. The third kappa shape index (κ3) is 3.43. The van der Waals surface area contributed by atoms with Gasteiger partial charge in [0.1, 0.15) is 5.75 Å². The number of rotatable bonds is 4. The fourth-order valence-corrected chi connectivity index (χ4v) is 2.46. The van der Waals surface area contributed by atoms with Crippen LogP contribution in [0.5, 0.6) is 5.75 Å². The highest BCUT2D eigenvalue weighted by Crippen LogP contribution is 2.20. The highest BCUT2D eigenvalue weighted by molar-refractivity contribution is 6.31. The van der Waals surface area contributed by atoms with Crippen molar-refractivity contribution in [1.29, 1.82) is 0 Å². The topological polar surface area (TPSA) is 44.1 Å². The van der Waals surface area contributed by atoms with Crippen LogP contribution >= 0.6 is 11.6 Å². The summed E-state index contributed by atoms with van der Waals surface area (Å²) in [6, 6.07) is 18.2. The molecule has 5 heteroatoms. The molecule has 4 nitrogen and oxygen atoms in total. The van der Waals surface area contributed by atoms with Crippen LogP contribution in [-0.2, 0) is 6.54 Å². The number of nitrogens with zero attached hydrogens (tertiary/aromatic N) is 2. The largest absolute Gasteiger partial charge is 0.497 e. The lowest BCUT2D eigenvalue weighted by Crippen LogP contribution is -2.22. The number of ether oxygens (including phenoxy) is 1. The van der Waals surface area contributed by atoms with Gasteiger partial charge in [0.25, 0.3) is 5.56 Å². The van der Waals surface area contributed by atoms with Crippen molar-refractivity contribution in [1.82, 2.24) is 9.78 Å². The van der Waals surface area contributed by atoms with Gasteiger partial charge in [0.05, 0.1) is 19.3 Å². The Morgan fingerprint density at radius 3 is 2.48 bits per heavy atom. The molecule has 0 aliphatic carbocycles. The van der Waals surface area contributed by atoms with E-state index in [1.54, 1.807) is 19.2 Å². The van der Waals surface area contributed by atoms with Crippen molar-refractivity contribution in [3.63, 3.8) is 0 Å². The summed E-state index contributed by atoms with van der Waals surface area (Å²) in [5, 5.41) is 5.06. The van der Waals surface area contributed by atoms with Crippen LogP contribution in [0.15, 0.2) is 65.5 Å². The molecule has 23 heavy (non-hydrogen) atoms. The second-order valence-electron chi connectivity index (χ2n) is 5.03. The van der Waals surface area contributed by atoms with Gasteiger partial charge in [-0.1, -0.05) is 29.8 Å². The molecule has 1 aromatic heterocycles. The second-order valence-corrected chi connectivity index (χ2v) is 5.44. The van der Waals surface area contributed by atoms with Gasteiger partial charge in [-0.15, -0.1) is 0 Å². The second kappa shape index (κ2) is 6.67. The lowest BCUT2D eigenvalue weighted by Gasteiger charge is -2.09. The summed E-state index contributed by atoms with van der Waals surface area (Å²) >= 11 is 6.16. The Balaban J connectivity index is 1.95. The quantitative estimate of drug-likeness (QED) is 0.735. The summed E-state index contributed by atoms with van der Waals surface area (Å²) < 4.78 is 6.57. The van der Waals surface area contributed by atoms with E-state index in [9.17, 15) is 4.79 Å². The molecule has 0 aliphatic rings. The lowest BCUT2D eigenvalue weighted by atomic mass is 10.1. The zero-order valence-corrected chi connectivity index (χ0v) is 13.3. The van der Waals surface area contributed by atoms with Gasteiger partial charge in [-0.05, 0) is 42.0 Å². The standard InChI is InChI=1S/C18H15ClN2O2/c1-23-15-8-6-13(7-9-15)17-10-11-18(22)21(20-17)12-14-4-2-3-5-16(14)19/h2-11H,12H2,1H3. The van der Waals surface area contributed by atoms with E-state index in [0.29, 0.717) is 11.6 Å². The number of halogens is 1. The van der Waals surface area contributed by atoms with E-state index in [0.717, 1.165) is 22.6 Å². The van der Waals surface area contributed by atoms with E-state index in [2.05, 4.69) is 5.10 Å². The zero-order valence-electron chi connectivity index (χ0n) is 12.6. The van der Waals surface area contributed by atoms with Gasteiger partial charge in [0, 0.05) is 16.7 Å².